The Balaban J connectivity index is 1.92. The number of para-hydroxylation sites is 1. The van der Waals surface area contributed by atoms with E-state index in [9.17, 15) is 0 Å². The highest BCUT2D eigenvalue weighted by molar-refractivity contribution is 6.00. The number of aromatic nitrogens is 1. The summed E-state index contributed by atoms with van der Waals surface area (Å²) in [7, 11) is 0. The van der Waals surface area contributed by atoms with Gasteiger partial charge in [-0.1, -0.05) is 72.8 Å². The van der Waals surface area contributed by atoms with Gasteiger partial charge < -0.3 is 0 Å². The Hall–Kier alpha value is -2.93. The second kappa shape index (κ2) is 4.79. The van der Waals surface area contributed by atoms with Crippen molar-refractivity contribution in [1.82, 2.24) is 4.98 Å². The van der Waals surface area contributed by atoms with E-state index in [1.807, 2.05) is 0 Å². The summed E-state index contributed by atoms with van der Waals surface area (Å²) in [5, 5.41) is 1.24. The molecule has 0 amide bonds. The average Bonchev–Trinajstić information content (AvgIpc) is 2.98. The van der Waals surface area contributed by atoms with E-state index in [4.69, 9.17) is 4.98 Å². The standard InChI is InChI=1S/C22H15N/c1-2-8-15(9-3-1)21-18-12-6-7-13-20(18)23-22-17-11-5-4-10-16(17)14-19(21)22/h1-13H,14H2. The van der Waals surface area contributed by atoms with Crippen molar-refractivity contribution >= 4 is 10.9 Å². The minimum Gasteiger partial charge on any atom is -0.247 e. The Kier molecular flexibility index (Phi) is 2.62. The van der Waals surface area contributed by atoms with Crippen LogP contribution >= 0.6 is 0 Å². The number of nitrogens with zero attached hydrogens (tertiary/aromatic N) is 1. The van der Waals surface area contributed by atoms with Gasteiger partial charge in [0.15, 0.2) is 0 Å². The number of hydrogen-bond acceptors (Lipinski definition) is 1. The molecule has 1 nitrogen and oxygen atoms in total. The Labute approximate surface area is 135 Å². The second-order valence-corrected chi connectivity index (χ2v) is 6.03. The van der Waals surface area contributed by atoms with Crippen LogP contribution in [0.2, 0.25) is 0 Å². The van der Waals surface area contributed by atoms with Crippen LogP contribution in [0.1, 0.15) is 11.1 Å². The lowest BCUT2D eigenvalue weighted by Gasteiger charge is -2.13. The van der Waals surface area contributed by atoms with Crippen LogP contribution in [0.15, 0.2) is 78.9 Å². The molecule has 0 spiro atoms. The molecule has 0 fully saturated rings. The van der Waals surface area contributed by atoms with Gasteiger partial charge >= 0.3 is 0 Å². The van der Waals surface area contributed by atoms with Gasteiger partial charge in [0.25, 0.3) is 0 Å². The van der Waals surface area contributed by atoms with Gasteiger partial charge in [-0.3, -0.25) is 0 Å². The van der Waals surface area contributed by atoms with Crippen molar-refractivity contribution in [3.63, 3.8) is 0 Å². The molecular weight excluding hydrogens is 278 g/mol. The SMILES string of the molecule is c1ccc(-c2c3c(nc4ccccc24)-c2ccccc2C3)cc1. The van der Waals surface area contributed by atoms with E-state index in [1.165, 1.54) is 33.2 Å². The molecule has 1 aliphatic carbocycles. The first-order valence-electron chi connectivity index (χ1n) is 7.97. The zero-order valence-corrected chi connectivity index (χ0v) is 12.7. The fourth-order valence-electron chi connectivity index (χ4n) is 3.68. The van der Waals surface area contributed by atoms with Crippen molar-refractivity contribution in [2.45, 2.75) is 6.42 Å². The quantitative estimate of drug-likeness (QED) is 0.399. The summed E-state index contributed by atoms with van der Waals surface area (Å²) in [5.41, 5.74) is 8.85. The van der Waals surface area contributed by atoms with Crippen molar-refractivity contribution in [2.75, 3.05) is 0 Å². The van der Waals surface area contributed by atoms with E-state index in [0.29, 0.717) is 0 Å². The number of fused-ring (bicyclic) bond motifs is 4. The smallest absolute Gasteiger partial charge is 0.0754 e. The Morgan fingerprint density at radius 3 is 2.35 bits per heavy atom. The molecule has 108 valence electrons. The lowest BCUT2D eigenvalue weighted by atomic mass is 9.94. The van der Waals surface area contributed by atoms with Crippen LogP contribution in [0, 0.1) is 0 Å². The largest absolute Gasteiger partial charge is 0.247 e. The van der Waals surface area contributed by atoms with Gasteiger partial charge in [0.1, 0.15) is 0 Å². The number of benzene rings is 3. The summed E-state index contributed by atoms with van der Waals surface area (Å²) in [6, 6.07) is 27.8. The molecule has 4 aromatic rings. The van der Waals surface area contributed by atoms with Crippen LogP contribution in [0.25, 0.3) is 33.3 Å². The van der Waals surface area contributed by atoms with Crippen molar-refractivity contribution in [2.24, 2.45) is 0 Å². The maximum Gasteiger partial charge on any atom is 0.0754 e. The highest BCUT2D eigenvalue weighted by atomic mass is 14.7. The van der Waals surface area contributed by atoms with Gasteiger partial charge in [-0.05, 0) is 28.3 Å². The van der Waals surface area contributed by atoms with E-state index >= 15 is 0 Å². The van der Waals surface area contributed by atoms with Crippen molar-refractivity contribution < 1.29 is 0 Å². The Morgan fingerprint density at radius 1 is 0.696 bits per heavy atom. The molecule has 1 aliphatic rings. The molecule has 1 heterocycles. The van der Waals surface area contributed by atoms with Gasteiger partial charge in [0.05, 0.1) is 11.2 Å². The first-order chi connectivity index (χ1) is 11.4. The molecule has 1 aromatic heterocycles. The highest BCUT2D eigenvalue weighted by Gasteiger charge is 2.24. The molecule has 1 heteroatoms. The summed E-state index contributed by atoms with van der Waals surface area (Å²) in [5.74, 6) is 0. The predicted octanol–water partition coefficient (Wildman–Crippen LogP) is 5.47. The number of pyridine rings is 1. The van der Waals surface area contributed by atoms with Gasteiger partial charge in [-0.25, -0.2) is 4.98 Å². The highest BCUT2D eigenvalue weighted by Crippen LogP contribution is 2.43. The number of rotatable bonds is 1. The molecule has 3 aromatic carbocycles. The molecule has 0 bridgehead atoms. The topological polar surface area (TPSA) is 12.9 Å². The van der Waals surface area contributed by atoms with Gasteiger partial charge in [0.2, 0.25) is 0 Å². The summed E-state index contributed by atoms with van der Waals surface area (Å²) in [4.78, 5) is 4.98. The zero-order valence-electron chi connectivity index (χ0n) is 12.7. The summed E-state index contributed by atoms with van der Waals surface area (Å²) >= 11 is 0. The minimum absolute atomic E-state index is 0.966. The van der Waals surface area contributed by atoms with E-state index in [0.717, 1.165) is 17.6 Å². The molecule has 0 aliphatic heterocycles. The average molecular weight is 293 g/mol. The molecule has 0 atom stereocenters. The van der Waals surface area contributed by atoms with Gasteiger partial charge in [0, 0.05) is 17.4 Å². The third kappa shape index (κ3) is 1.83. The predicted molar refractivity (Wildman–Crippen MR) is 95.4 cm³/mol. The van der Waals surface area contributed by atoms with E-state index in [-0.39, 0.29) is 0 Å². The van der Waals surface area contributed by atoms with Crippen LogP contribution in [-0.4, -0.2) is 4.98 Å². The zero-order chi connectivity index (χ0) is 15.2. The van der Waals surface area contributed by atoms with Crippen molar-refractivity contribution in [3.05, 3.63) is 90.0 Å². The van der Waals surface area contributed by atoms with Crippen LogP contribution in [0.5, 0.6) is 0 Å². The molecule has 0 saturated heterocycles. The van der Waals surface area contributed by atoms with Crippen LogP contribution in [-0.2, 0) is 6.42 Å². The van der Waals surface area contributed by atoms with E-state index < -0.39 is 0 Å². The molecule has 0 radical (unpaired) electrons. The molecule has 0 unspecified atom stereocenters. The van der Waals surface area contributed by atoms with Crippen LogP contribution in [0.3, 0.4) is 0 Å². The third-order valence-corrected chi connectivity index (χ3v) is 4.70. The Bertz CT molecular complexity index is 1030. The molecule has 0 saturated carbocycles. The van der Waals surface area contributed by atoms with E-state index in [2.05, 4.69) is 78.9 Å². The summed E-state index contributed by atoms with van der Waals surface area (Å²) in [6.07, 6.45) is 0.966. The maximum atomic E-state index is 4.98. The fourth-order valence-corrected chi connectivity index (χ4v) is 3.68. The molecule has 0 N–H and O–H groups in total. The fraction of sp³-hybridized carbons (Fsp3) is 0.0455. The monoisotopic (exact) mass is 293 g/mol. The normalized spacial score (nSPS) is 12.2. The van der Waals surface area contributed by atoms with Crippen LogP contribution in [0.4, 0.5) is 0 Å². The van der Waals surface area contributed by atoms with Gasteiger partial charge in [-0.15, -0.1) is 0 Å². The van der Waals surface area contributed by atoms with Gasteiger partial charge in [-0.2, -0.15) is 0 Å². The summed E-state index contributed by atoms with van der Waals surface area (Å²) < 4.78 is 0. The lowest BCUT2D eigenvalue weighted by Crippen LogP contribution is -1.93. The van der Waals surface area contributed by atoms with E-state index in [1.54, 1.807) is 0 Å². The number of hydrogen-bond donors (Lipinski definition) is 0. The molecular formula is C22H15N. The molecule has 5 rings (SSSR count). The maximum absolute atomic E-state index is 4.98. The minimum atomic E-state index is 0.966. The third-order valence-electron chi connectivity index (χ3n) is 4.70. The Morgan fingerprint density at radius 2 is 1.43 bits per heavy atom. The molecule has 23 heavy (non-hydrogen) atoms. The van der Waals surface area contributed by atoms with Crippen molar-refractivity contribution in [3.8, 4) is 22.4 Å². The second-order valence-electron chi connectivity index (χ2n) is 6.03. The van der Waals surface area contributed by atoms with Crippen molar-refractivity contribution in [1.29, 1.82) is 0 Å². The summed E-state index contributed by atoms with van der Waals surface area (Å²) in [6.45, 7) is 0. The lowest BCUT2D eigenvalue weighted by molar-refractivity contribution is 1.25. The first-order valence-corrected chi connectivity index (χ1v) is 7.97. The first kappa shape index (κ1) is 12.6. The van der Waals surface area contributed by atoms with Crippen LogP contribution < -0.4 is 0 Å².